The van der Waals surface area contributed by atoms with Gasteiger partial charge in [0.25, 0.3) is 5.92 Å². The van der Waals surface area contributed by atoms with E-state index in [0.29, 0.717) is 25.2 Å². The van der Waals surface area contributed by atoms with Crippen molar-refractivity contribution in [3.63, 3.8) is 0 Å². The Bertz CT molecular complexity index is 215. The summed E-state index contributed by atoms with van der Waals surface area (Å²) in [6.45, 7) is 7.63. The van der Waals surface area contributed by atoms with E-state index in [4.69, 9.17) is 0 Å². The highest BCUT2D eigenvalue weighted by molar-refractivity contribution is 4.92. The zero-order valence-corrected chi connectivity index (χ0v) is 9.55. The second kappa shape index (κ2) is 3.98. The predicted molar refractivity (Wildman–Crippen MR) is 56.3 cm³/mol. The molecule has 0 radical (unpaired) electrons. The van der Waals surface area contributed by atoms with E-state index in [1.54, 1.807) is 0 Å². The molecule has 0 aliphatic carbocycles. The minimum atomic E-state index is -2.40. The highest BCUT2D eigenvalue weighted by Crippen LogP contribution is 2.30. The SMILES string of the molecule is CC(C)N1CC(N2CCC(F)(F)CC2)C1. The molecule has 0 amide bonds. The number of halogens is 2. The fourth-order valence-corrected chi connectivity index (χ4v) is 2.36. The standard InChI is InChI=1S/C11H20F2N2/c1-9(2)15-7-10(8-15)14-5-3-11(12,13)4-6-14/h9-10H,3-8H2,1-2H3. The molecule has 0 N–H and O–H groups in total. The van der Waals surface area contributed by atoms with Gasteiger partial charge in [-0.3, -0.25) is 9.80 Å². The maximum absolute atomic E-state index is 12.9. The molecule has 0 aromatic carbocycles. The first-order valence-electron chi connectivity index (χ1n) is 5.84. The summed E-state index contributed by atoms with van der Waals surface area (Å²) in [5.41, 5.74) is 0. The van der Waals surface area contributed by atoms with E-state index in [9.17, 15) is 8.78 Å². The van der Waals surface area contributed by atoms with E-state index in [1.165, 1.54) is 0 Å². The molecule has 0 aromatic heterocycles. The summed E-state index contributed by atoms with van der Waals surface area (Å²) < 4.78 is 25.9. The molecular formula is C11H20F2N2. The Kier molecular flexibility index (Phi) is 2.99. The van der Waals surface area contributed by atoms with Crippen LogP contribution in [0, 0.1) is 0 Å². The Morgan fingerprint density at radius 2 is 1.67 bits per heavy atom. The topological polar surface area (TPSA) is 6.48 Å². The second-order valence-electron chi connectivity index (χ2n) is 5.09. The number of likely N-dealkylation sites (tertiary alicyclic amines) is 2. The van der Waals surface area contributed by atoms with Gasteiger partial charge in [-0.15, -0.1) is 0 Å². The molecule has 0 saturated carbocycles. The summed E-state index contributed by atoms with van der Waals surface area (Å²) in [6.07, 6.45) is 0.0936. The molecule has 2 rings (SSSR count). The van der Waals surface area contributed by atoms with Gasteiger partial charge in [-0.25, -0.2) is 8.78 Å². The summed E-state index contributed by atoms with van der Waals surface area (Å²) in [6, 6.07) is 1.12. The first kappa shape index (κ1) is 11.3. The number of nitrogens with zero attached hydrogens (tertiary/aromatic N) is 2. The first-order chi connectivity index (χ1) is 6.98. The molecular weight excluding hydrogens is 198 g/mol. The van der Waals surface area contributed by atoms with Crippen molar-refractivity contribution in [3.05, 3.63) is 0 Å². The maximum atomic E-state index is 12.9. The Hall–Kier alpha value is -0.220. The number of hydrogen-bond donors (Lipinski definition) is 0. The summed E-state index contributed by atoms with van der Waals surface area (Å²) in [7, 11) is 0. The minimum absolute atomic E-state index is 0.0468. The molecule has 0 spiro atoms. The summed E-state index contributed by atoms with van der Waals surface area (Å²) in [5, 5.41) is 0. The molecule has 2 nitrogen and oxygen atoms in total. The van der Waals surface area contributed by atoms with Gasteiger partial charge in [-0.05, 0) is 13.8 Å². The fraction of sp³-hybridized carbons (Fsp3) is 1.00. The third-order valence-corrected chi connectivity index (χ3v) is 3.67. The van der Waals surface area contributed by atoms with Gasteiger partial charge < -0.3 is 0 Å². The quantitative estimate of drug-likeness (QED) is 0.697. The van der Waals surface area contributed by atoms with Crippen LogP contribution < -0.4 is 0 Å². The van der Waals surface area contributed by atoms with E-state index >= 15 is 0 Å². The van der Waals surface area contributed by atoms with Crippen molar-refractivity contribution in [1.82, 2.24) is 9.80 Å². The molecule has 4 heteroatoms. The Morgan fingerprint density at radius 1 is 1.13 bits per heavy atom. The van der Waals surface area contributed by atoms with Crippen LogP contribution in [0.15, 0.2) is 0 Å². The molecule has 0 unspecified atom stereocenters. The largest absolute Gasteiger partial charge is 0.298 e. The van der Waals surface area contributed by atoms with Crippen LogP contribution in [0.2, 0.25) is 0 Å². The third-order valence-electron chi connectivity index (χ3n) is 3.67. The Morgan fingerprint density at radius 3 is 2.13 bits per heavy atom. The Balaban J connectivity index is 1.75. The summed E-state index contributed by atoms with van der Waals surface area (Å²) in [4.78, 5) is 4.62. The van der Waals surface area contributed by atoms with Crippen molar-refractivity contribution >= 4 is 0 Å². The number of piperidine rings is 1. The van der Waals surface area contributed by atoms with Crippen LogP contribution in [-0.4, -0.2) is 54.0 Å². The van der Waals surface area contributed by atoms with Gasteiger partial charge in [0.2, 0.25) is 0 Å². The number of alkyl halides is 2. The average molecular weight is 218 g/mol. The van der Waals surface area contributed by atoms with Crippen molar-refractivity contribution in [2.75, 3.05) is 26.2 Å². The van der Waals surface area contributed by atoms with Crippen LogP contribution >= 0.6 is 0 Å². The molecule has 2 saturated heterocycles. The van der Waals surface area contributed by atoms with Gasteiger partial charge in [0.15, 0.2) is 0 Å². The lowest BCUT2D eigenvalue weighted by molar-refractivity contribution is -0.0830. The van der Waals surface area contributed by atoms with E-state index < -0.39 is 5.92 Å². The van der Waals surface area contributed by atoms with Gasteiger partial charge in [0, 0.05) is 51.1 Å². The first-order valence-corrected chi connectivity index (χ1v) is 5.84. The van der Waals surface area contributed by atoms with E-state index in [1.807, 2.05) is 0 Å². The van der Waals surface area contributed by atoms with Gasteiger partial charge in [-0.2, -0.15) is 0 Å². The lowest BCUT2D eigenvalue weighted by Gasteiger charge is -2.49. The van der Waals surface area contributed by atoms with Crippen LogP contribution in [0.1, 0.15) is 26.7 Å². The highest BCUT2D eigenvalue weighted by atomic mass is 19.3. The minimum Gasteiger partial charge on any atom is -0.298 e. The van der Waals surface area contributed by atoms with E-state index in [0.717, 1.165) is 13.1 Å². The summed E-state index contributed by atoms with van der Waals surface area (Å²) in [5.74, 6) is -2.40. The van der Waals surface area contributed by atoms with Crippen LogP contribution in [0.25, 0.3) is 0 Å². The highest BCUT2D eigenvalue weighted by Gasteiger charge is 2.39. The molecule has 2 fully saturated rings. The second-order valence-corrected chi connectivity index (χ2v) is 5.09. The zero-order valence-electron chi connectivity index (χ0n) is 9.55. The van der Waals surface area contributed by atoms with Crippen molar-refractivity contribution in [1.29, 1.82) is 0 Å². The molecule has 0 bridgehead atoms. The monoisotopic (exact) mass is 218 g/mol. The molecule has 2 heterocycles. The van der Waals surface area contributed by atoms with Gasteiger partial charge in [-0.1, -0.05) is 0 Å². The third kappa shape index (κ3) is 2.48. The van der Waals surface area contributed by atoms with Crippen LogP contribution in [0.3, 0.4) is 0 Å². The summed E-state index contributed by atoms with van der Waals surface area (Å²) >= 11 is 0. The van der Waals surface area contributed by atoms with Gasteiger partial charge >= 0.3 is 0 Å². The predicted octanol–water partition coefficient (Wildman–Crippen LogP) is 1.81. The molecule has 15 heavy (non-hydrogen) atoms. The van der Waals surface area contributed by atoms with Gasteiger partial charge in [0.1, 0.15) is 0 Å². The molecule has 2 aliphatic rings. The number of rotatable bonds is 2. The fourth-order valence-electron chi connectivity index (χ4n) is 2.36. The van der Waals surface area contributed by atoms with Crippen molar-refractivity contribution in [2.45, 2.75) is 44.7 Å². The van der Waals surface area contributed by atoms with Crippen LogP contribution in [0.4, 0.5) is 8.78 Å². The normalized spacial score (nSPS) is 29.4. The molecule has 0 atom stereocenters. The molecule has 88 valence electrons. The van der Waals surface area contributed by atoms with Crippen LogP contribution in [-0.2, 0) is 0 Å². The van der Waals surface area contributed by atoms with Gasteiger partial charge in [0.05, 0.1) is 0 Å². The molecule has 2 aliphatic heterocycles. The average Bonchev–Trinajstić information content (AvgIpc) is 2.04. The maximum Gasteiger partial charge on any atom is 0.250 e. The van der Waals surface area contributed by atoms with Crippen molar-refractivity contribution in [3.8, 4) is 0 Å². The Labute approximate surface area is 90.2 Å². The number of hydrogen-bond acceptors (Lipinski definition) is 2. The molecule has 0 aromatic rings. The zero-order chi connectivity index (χ0) is 11.1. The van der Waals surface area contributed by atoms with Crippen molar-refractivity contribution in [2.24, 2.45) is 0 Å². The van der Waals surface area contributed by atoms with Crippen molar-refractivity contribution < 1.29 is 8.78 Å². The van der Waals surface area contributed by atoms with E-state index in [2.05, 4.69) is 23.6 Å². The lowest BCUT2D eigenvalue weighted by atomic mass is 9.99. The van der Waals surface area contributed by atoms with E-state index in [-0.39, 0.29) is 12.8 Å². The van der Waals surface area contributed by atoms with Crippen LogP contribution in [0.5, 0.6) is 0 Å². The smallest absolute Gasteiger partial charge is 0.250 e. The lowest BCUT2D eigenvalue weighted by Crippen LogP contribution is -2.62.